The predicted molar refractivity (Wildman–Crippen MR) is 118 cm³/mol. The number of rotatable bonds is 7. The van der Waals surface area contributed by atoms with Crippen molar-refractivity contribution in [3.8, 4) is 17.0 Å². The van der Waals surface area contributed by atoms with Crippen molar-refractivity contribution in [3.05, 3.63) is 81.2 Å². The number of halogens is 3. The molecule has 0 saturated heterocycles. The number of pyridine rings is 1. The van der Waals surface area contributed by atoms with E-state index < -0.39 is 0 Å². The topological polar surface area (TPSA) is 34.1 Å². The molecule has 1 heterocycles. The van der Waals surface area contributed by atoms with Crippen molar-refractivity contribution in [2.24, 2.45) is 0 Å². The van der Waals surface area contributed by atoms with E-state index in [9.17, 15) is 4.39 Å². The number of aromatic nitrogens is 1. The van der Waals surface area contributed by atoms with E-state index in [0.717, 1.165) is 16.8 Å². The first-order chi connectivity index (χ1) is 14.0. The lowest BCUT2D eigenvalue weighted by molar-refractivity contribution is 0.337. The van der Waals surface area contributed by atoms with Gasteiger partial charge in [0, 0.05) is 18.0 Å². The number of nitrogens with one attached hydrogen (secondary N) is 1. The Balaban J connectivity index is 2.22. The van der Waals surface area contributed by atoms with Gasteiger partial charge in [-0.05, 0) is 56.3 Å². The first-order valence-corrected chi connectivity index (χ1v) is 10.2. The maximum atomic E-state index is 13.9. The van der Waals surface area contributed by atoms with Crippen molar-refractivity contribution in [3.63, 3.8) is 0 Å². The summed E-state index contributed by atoms with van der Waals surface area (Å²) in [6, 6.07) is 14.0. The van der Waals surface area contributed by atoms with Crippen molar-refractivity contribution in [2.75, 3.05) is 20.2 Å². The maximum absolute atomic E-state index is 13.9. The van der Waals surface area contributed by atoms with Gasteiger partial charge in [-0.1, -0.05) is 47.5 Å². The number of nitrogens with zero attached hydrogens (tertiary/aromatic N) is 1. The standard InChI is InChI=1S/C23H23Cl2FN2O/c1-4-29-23-14(2)11-20(18(13-27-3)15-7-5-8-16(26)12-15)28-22(23)17-9-6-10-19(24)21(17)25/h5-12,18,27H,4,13H2,1-3H3. The number of aryl methyl sites for hydroxylation is 1. The van der Waals surface area contributed by atoms with E-state index in [2.05, 4.69) is 5.32 Å². The zero-order valence-electron chi connectivity index (χ0n) is 16.6. The van der Waals surface area contributed by atoms with Crippen LogP contribution in [0.1, 0.15) is 29.7 Å². The smallest absolute Gasteiger partial charge is 0.148 e. The van der Waals surface area contributed by atoms with Crippen LogP contribution in [-0.2, 0) is 0 Å². The molecule has 2 aromatic carbocycles. The fraction of sp³-hybridized carbons (Fsp3) is 0.261. The summed E-state index contributed by atoms with van der Waals surface area (Å²) in [5.41, 5.74) is 3.91. The summed E-state index contributed by atoms with van der Waals surface area (Å²) in [7, 11) is 1.86. The van der Waals surface area contributed by atoms with Gasteiger partial charge in [0.2, 0.25) is 0 Å². The fourth-order valence-electron chi connectivity index (χ4n) is 3.38. The van der Waals surface area contributed by atoms with Gasteiger partial charge < -0.3 is 10.1 Å². The Morgan fingerprint density at radius 1 is 1.14 bits per heavy atom. The fourth-order valence-corrected chi connectivity index (χ4v) is 3.77. The summed E-state index contributed by atoms with van der Waals surface area (Å²) < 4.78 is 19.8. The van der Waals surface area contributed by atoms with Crippen LogP contribution < -0.4 is 10.1 Å². The minimum absolute atomic E-state index is 0.137. The summed E-state index contributed by atoms with van der Waals surface area (Å²) in [5, 5.41) is 4.06. The molecular weight excluding hydrogens is 410 g/mol. The first kappa shape index (κ1) is 21.6. The van der Waals surface area contributed by atoms with Gasteiger partial charge in [0.1, 0.15) is 17.3 Å². The highest BCUT2D eigenvalue weighted by Crippen LogP contribution is 2.40. The summed E-state index contributed by atoms with van der Waals surface area (Å²) in [4.78, 5) is 4.92. The Hall–Kier alpha value is -2.14. The van der Waals surface area contributed by atoms with Gasteiger partial charge >= 0.3 is 0 Å². The minimum Gasteiger partial charge on any atom is -0.491 e. The van der Waals surface area contributed by atoms with Crippen LogP contribution in [0.2, 0.25) is 10.0 Å². The molecule has 29 heavy (non-hydrogen) atoms. The second-order valence-electron chi connectivity index (χ2n) is 6.74. The van der Waals surface area contributed by atoms with E-state index in [1.165, 1.54) is 6.07 Å². The Bertz CT molecular complexity index is 1010. The molecule has 152 valence electrons. The van der Waals surface area contributed by atoms with Crippen LogP contribution in [0.3, 0.4) is 0 Å². The highest BCUT2D eigenvalue weighted by atomic mass is 35.5. The van der Waals surface area contributed by atoms with Crippen molar-refractivity contribution in [1.29, 1.82) is 0 Å². The van der Waals surface area contributed by atoms with Gasteiger partial charge in [-0.2, -0.15) is 0 Å². The van der Waals surface area contributed by atoms with Crippen molar-refractivity contribution in [1.82, 2.24) is 10.3 Å². The number of hydrogen-bond donors (Lipinski definition) is 1. The summed E-state index contributed by atoms with van der Waals surface area (Å²) in [6.07, 6.45) is 0. The van der Waals surface area contributed by atoms with Gasteiger partial charge in [0.15, 0.2) is 0 Å². The number of ether oxygens (including phenoxy) is 1. The molecule has 0 saturated carbocycles. The normalized spacial score (nSPS) is 12.1. The molecule has 0 aliphatic rings. The molecule has 0 radical (unpaired) electrons. The first-order valence-electron chi connectivity index (χ1n) is 9.45. The van der Waals surface area contributed by atoms with Gasteiger partial charge in [0.25, 0.3) is 0 Å². The summed E-state index contributed by atoms with van der Waals surface area (Å²) >= 11 is 12.7. The lowest BCUT2D eigenvalue weighted by atomic mass is 9.93. The molecule has 0 bridgehead atoms. The van der Waals surface area contributed by atoms with Gasteiger partial charge in [0.05, 0.1) is 22.3 Å². The second-order valence-corrected chi connectivity index (χ2v) is 7.53. The van der Waals surface area contributed by atoms with E-state index in [-0.39, 0.29) is 11.7 Å². The number of hydrogen-bond acceptors (Lipinski definition) is 3. The second kappa shape index (κ2) is 9.57. The molecule has 0 fully saturated rings. The van der Waals surface area contributed by atoms with Crippen LogP contribution in [0.5, 0.6) is 5.75 Å². The molecule has 1 aromatic heterocycles. The zero-order valence-corrected chi connectivity index (χ0v) is 18.1. The van der Waals surface area contributed by atoms with Gasteiger partial charge in [-0.25, -0.2) is 9.37 Å². The Morgan fingerprint density at radius 2 is 1.90 bits per heavy atom. The molecule has 6 heteroatoms. The Labute approximate surface area is 180 Å². The average molecular weight is 433 g/mol. The quantitative estimate of drug-likeness (QED) is 0.478. The molecule has 0 aliphatic heterocycles. The maximum Gasteiger partial charge on any atom is 0.148 e. The van der Waals surface area contributed by atoms with E-state index >= 15 is 0 Å². The van der Waals surface area contributed by atoms with Crippen LogP contribution in [0.4, 0.5) is 4.39 Å². The minimum atomic E-state index is -0.274. The lowest BCUT2D eigenvalue weighted by Gasteiger charge is -2.21. The average Bonchev–Trinajstić information content (AvgIpc) is 2.70. The van der Waals surface area contributed by atoms with E-state index in [4.69, 9.17) is 32.9 Å². The monoisotopic (exact) mass is 432 g/mol. The predicted octanol–water partition coefficient (Wildman–Crippen LogP) is 6.25. The van der Waals surface area contributed by atoms with Crippen LogP contribution in [0.15, 0.2) is 48.5 Å². The van der Waals surface area contributed by atoms with Crippen molar-refractivity contribution in [2.45, 2.75) is 19.8 Å². The van der Waals surface area contributed by atoms with Crippen LogP contribution in [0.25, 0.3) is 11.3 Å². The molecule has 3 rings (SSSR count). The third-order valence-electron chi connectivity index (χ3n) is 4.69. The zero-order chi connectivity index (χ0) is 21.0. The van der Waals surface area contributed by atoms with Crippen LogP contribution in [-0.4, -0.2) is 25.2 Å². The molecule has 1 atom stereocenters. The van der Waals surface area contributed by atoms with E-state index in [1.807, 2.05) is 45.2 Å². The van der Waals surface area contributed by atoms with E-state index in [1.54, 1.807) is 18.2 Å². The molecule has 3 aromatic rings. The largest absolute Gasteiger partial charge is 0.491 e. The number of likely N-dealkylation sites (N-methyl/N-ethyl adjacent to an activating group) is 1. The van der Waals surface area contributed by atoms with Crippen molar-refractivity contribution >= 4 is 23.2 Å². The van der Waals surface area contributed by atoms with Crippen LogP contribution >= 0.6 is 23.2 Å². The summed E-state index contributed by atoms with van der Waals surface area (Å²) in [5.74, 6) is 0.258. The highest BCUT2D eigenvalue weighted by Gasteiger charge is 2.22. The van der Waals surface area contributed by atoms with Gasteiger partial charge in [-0.3, -0.25) is 0 Å². The molecule has 1 N–H and O–H groups in total. The Morgan fingerprint density at radius 3 is 2.59 bits per heavy atom. The molecule has 0 spiro atoms. The SMILES string of the molecule is CCOc1c(C)cc(C(CNC)c2cccc(F)c2)nc1-c1cccc(Cl)c1Cl. The number of benzene rings is 2. The van der Waals surface area contributed by atoms with E-state index in [0.29, 0.717) is 40.2 Å². The molecule has 0 aliphatic carbocycles. The molecule has 0 amide bonds. The highest BCUT2D eigenvalue weighted by molar-refractivity contribution is 6.43. The molecule has 1 unspecified atom stereocenters. The third kappa shape index (κ3) is 4.72. The molecule has 3 nitrogen and oxygen atoms in total. The van der Waals surface area contributed by atoms with Crippen LogP contribution in [0, 0.1) is 12.7 Å². The third-order valence-corrected chi connectivity index (χ3v) is 5.51. The Kier molecular flexibility index (Phi) is 7.12. The lowest BCUT2D eigenvalue weighted by Crippen LogP contribution is -2.20. The molecular formula is C23H23Cl2FN2O. The van der Waals surface area contributed by atoms with Crippen molar-refractivity contribution < 1.29 is 9.13 Å². The van der Waals surface area contributed by atoms with Gasteiger partial charge in [-0.15, -0.1) is 0 Å². The summed E-state index contributed by atoms with van der Waals surface area (Å²) in [6.45, 7) is 5.00.